The Balaban J connectivity index is 1.44. The number of anilines is 1. The Labute approximate surface area is 194 Å². The number of nitrogens with zero attached hydrogens (tertiary/aromatic N) is 4. The number of thiophene rings is 1. The smallest absolute Gasteiger partial charge is 0.338 e. The van der Waals surface area contributed by atoms with E-state index in [1.807, 2.05) is 17.5 Å². The van der Waals surface area contributed by atoms with Crippen LogP contribution in [0.5, 0.6) is 0 Å². The first-order chi connectivity index (χ1) is 15.7. The first-order valence-corrected chi connectivity index (χ1v) is 12.9. The summed E-state index contributed by atoms with van der Waals surface area (Å²) in [4.78, 5) is 28.5. The van der Waals surface area contributed by atoms with Crippen molar-refractivity contribution in [3.8, 4) is 0 Å². The van der Waals surface area contributed by atoms with Gasteiger partial charge >= 0.3 is 12.0 Å². The lowest BCUT2D eigenvalue weighted by atomic mass is 10.0. The highest BCUT2D eigenvalue weighted by Crippen LogP contribution is 2.42. The van der Waals surface area contributed by atoms with Crippen molar-refractivity contribution < 1.29 is 14.3 Å². The molecular formula is C21H26N6O3S2. The maximum absolute atomic E-state index is 12.9. The van der Waals surface area contributed by atoms with Crippen LogP contribution in [-0.2, 0) is 9.53 Å². The molecule has 0 unspecified atom stereocenters. The van der Waals surface area contributed by atoms with Gasteiger partial charge in [-0.25, -0.2) is 9.59 Å². The second kappa shape index (κ2) is 9.14. The summed E-state index contributed by atoms with van der Waals surface area (Å²) in [5.41, 5.74) is 1.00. The third kappa shape index (κ3) is 4.23. The predicted octanol–water partition coefficient (Wildman–Crippen LogP) is 3.24. The minimum atomic E-state index is -0.528. The molecule has 2 aliphatic heterocycles. The molecule has 2 aromatic heterocycles. The van der Waals surface area contributed by atoms with Crippen molar-refractivity contribution >= 4 is 41.0 Å². The van der Waals surface area contributed by atoms with Crippen LogP contribution in [0.15, 0.2) is 33.9 Å². The van der Waals surface area contributed by atoms with Crippen molar-refractivity contribution in [1.82, 2.24) is 25.4 Å². The Bertz CT molecular complexity index is 1020. The molecule has 1 saturated heterocycles. The molecule has 1 aliphatic carbocycles. The molecule has 170 valence electrons. The van der Waals surface area contributed by atoms with Gasteiger partial charge in [0.1, 0.15) is 0 Å². The van der Waals surface area contributed by atoms with E-state index in [0.29, 0.717) is 23.1 Å². The first kappa shape index (κ1) is 21.3. The second-order valence-corrected chi connectivity index (χ2v) is 9.95. The standard InChI is InChI=1S/C21H26N6O3S2/c1-2-30-18(28)16-14(22-19(29)23-17(16)15-6-5-11-31-15)12-32-21-25-24-20(26-9-3-4-10-26)27(21)13-7-8-13/h5-6,11,13,17H,2-4,7-10,12H2,1H3,(H2,22,23,29)/t17-/m0/s1. The van der Waals surface area contributed by atoms with Gasteiger partial charge in [-0.3, -0.25) is 4.57 Å². The van der Waals surface area contributed by atoms with Crippen LogP contribution in [0.25, 0.3) is 0 Å². The largest absolute Gasteiger partial charge is 0.463 e. The minimum Gasteiger partial charge on any atom is -0.463 e. The Morgan fingerprint density at radius 2 is 2.12 bits per heavy atom. The average molecular weight is 475 g/mol. The summed E-state index contributed by atoms with van der Waals surface area (Å²) in [6.45, 7) is 4.07. The van der Waals surface area contributed by atoms with Gasteiger partial charge in [-0.05, 0) is 44.1 Å². The van der Waals surface area contributed by atoms with Crippen LogP contribution in [0.4, 0.5) is 10.7 Å². The van der Waals surface area contributed by atoms with Crippen LogP contribution in [0.1, 0.15) is 49.6 Å². The van der Waals surface area contributed by atoms with E-state index in [1.54, 1.807) is 6.92 Å². The molecule has 9 nitrogen and oxygen atoms in total. The van der Waals surface area contributed by atoms with Crippen LogP contribution in [0.2, 0.25) is 0 Å². The number of carbonyl (C=O) groups is 2. The monoisotopic (exact) mass is 474 g/mol. The number of thioether (sulfide) groups is 1. The number of aromatic nitrogens is 3. The number of hydrogen-bond acceptors (Lipinski definition) is 8. The van der Waals surface area contributed by atoms with Crippen molar-refractivity contribution in [2.24, 2.45) is 0 Å². The number of esters is 1. The molecule has 1 saturated carbocycles. The van der Waals surface area contributed by atoms with E-state index < -0.39 is 12.0 Å². The lowest BCUT2D eigenvalue weighted by Crippen LogP contribution is -2.46. The zero-order chi connectivity index (χ0) is 22.1. The molecule has 11 heteroatoms. The molecule has 2 aromatic rings. The van der Waals surface area contributed by atoms with Crippen LogP contribution >= 0.6 is 23.1 Å². The molecular weight excluding hydrogens is 448 g/mol. The lowest BCUT2D eigenvalue weighted by Gasteiger charge is -2.28. The van der Waals surface area contributed by atoms with Gasteiger partial charge in [0.25, 0.3) is 0 Å². The van der Waals surface area contributed by atoms with Crippen molar-refractivity contribution in [1.29, 1.82) is 0 Å². The third-order valence-corrected chi connectivity index (χ3v) is 7.68. The Hall–Kier alpha value is -2.53. The molecule has 0 aromatic carbocycles. The Kier molecular flexibility index (Phi) is 6.09. The van der Waals surface area contributed by atoms with Crippen LogP contribution in [0.3, 0.4) is 0 Å². The van der Waals surface area contributed by atoms with Gasteiger partial charge in [0.05, 0.1) is 18.2 Å². The van der Waals surface area contributed by atoms with Gasteiger partial charge in [-0.1, -0.05) is 17.8 Å². The number of amides is 2. The summed E-state index contributed by atoms with van der Waals surface area (Å²) in [6, 6.07) is 3.40. The summed E-state index contributed by atoms with van der Waals surface area (Å²) >= 11 is 3.00. The van der Waals surface area contributed by atoms with Crippen molar-refractivity contribution in [2.75, 3.05) is 30.3 Å². The number of urea groups is 1. The highest BCUT2D eigenvalue weighted by molar-refractivity contribution is 7.99. The number of carbonyl (C=O) groups excluding carboxylic acids is 2. The van der Waals surface area contributed by atoms with E-state index in [4.69, 9.17) is 4.74 Å². The molecule has 0 bridgehead atoms. The van der Waals surface area contributed by atoms with Crippen molar-refractivity contribution in [3.05, 3.63) is 33.7 Å². The number of hydrogen-bond donors (Lipinski definition) is 2. The summed E-state index contributed by atoms with van der Waals surface area (Å²) < 4.78 is 7.57. The highest BCUT2D eigenvalue weighted by atomic mass is 32.2. The predicted molar refractivity (Wildman–Crippen MR) is 123 cm³/mol. The van der Waals surface area contributed by atoms with Gasteiger partial charge in [0.15, 0.2) is 5.16 Å². The second-order valence-electron chi connectivity index (χ2n) is 8.03. The SMILES string of the molecule is CCOC(=O)C1=C(CSc2nnc(N3CCCC3)n2C2CC2)NC(=O)N[C@H]1c1cccs1. The molecule has 4 heterocycles. The van der Waals surface area contributed by atoms with E-state index in [1.165, 1.54) is 35.9 Å². The molecule has 32 heavy (non-hydrogen) atoms. The van der Waals surface area contributed by atoms with E-state index in [9.17, 15) is 9.59 Å². The zero-order valence-electron chi connectivity index (χ0n) is 17.9. The molecule has 0 spiro atoms. The summed E-state index contributed by atoms with van der Waals surface area (Å²) in [6.07, 6.45) is 4.62. The number of ether oxygens (including phenoxy) is 1. The minimum absolute atomic E-state index is 0.267. The van der Waals surface area contributed by atoms with Gasteiger partial charge < -0.3 is 20.3 Å². The van der Waals surface area contributed by atoms with E-state index in [-0.39, 0.29) is 12.6 Å². The number of rotatable bonds is 8. The molecule has 0 radical (unpaired) electrons. The molecule has 3 aliphatic rings. The average Bonchev–Trinajstić information content (AvgIpc) is 3.20. The summed E-state index contributed by atoms with van der Waals surface area (Å²) in [7, 11) is 0. The molecule has 1 atom stereocenters. The van der Waals surface area contributed by atoms with Gasteiger partial charge in [0.2, 0.25) is 5.95 Å². The van der Waals surface area contributed by atoms with Crippen molar-refractivity contribution in [2.45, 2.75) is 49.8 Å². The lowest BCUT2D eigenvalue weighted by molar-refractivity contribution is -0.139. The van der Waals surface area contributed by atoms with E-state index in [0.717, 1.165) is 41.9 Å². The van der Waals surface area contributed by atoms with Crippen molar-refractivity contribution in [3.63, 3.8) is 0 Å². The topological polar surface area (TPSA) is 101 Å². The fourth-order valence-corrected chi connectivity index (χ4v) is 5.89. The van der Waals surface area contributed by atoms with Gasteiger partial charge in [-0.2, -0.15) is 0 Å². The van der Waals surface area contributed by atoms with Gasteiger partial charge in [0, 0.05) is 35.5 Å². The zero-order valence-corrected chi connectivity index (χ0v) is 19.5. The Morgan fingerprint density at radius 1 is 1.31 bits per heavy atom. The normalized spacial score (nSPS) is 21.0. The molecule has 2 amide bonds. The summed E-state index contributed by atoms with van der Waals surface area (Å²) in [5, 5.41) is 17.4. The molecule has 2 fully saturated rings. The fourth-order valence-electron chi connectivity index (χ4n) is 4.14. The van der Waals surface area contributed by atoms with E-state index >= 15 is 0 Å². The third-order valence-electron chi connectivity index (χ3n) is 5.77. The van der Waals surface area contributed by atoms with Crippen LogP contribution in [-0.4, -0.2) is 52.2 Å². The quantitative estimate of drug-likeness (QED) is 0.447. The molecule has 2 N–H and O–H groups in total. The summed E-state index contributed by atoms with van der Waals surface area (Å²) in [5.74, 6) is 0.919. The fraction of sp³-hybridized carbons (Fsp3) is 0.524. The first-order valence-electron chi connectivity index (χ1n) is 11.0. The highest BCUT2D eigenvalue weighted by Gasteiger charge is 2.36. The maximum atomic E-state index is 12.9. The van der Waals surface area contributed by atoms with Crippen LogP contribution < -0.4 is 15.5 Å². The van der Waals surface area contributed by atoms with Crippen LogP contribution in [0, 0.1) is 0 Å². The Morgan fingerprint density at radius 3 is 2.81 bits per heavy atom. The molecule has 5 rings (SSSR count). The maximum Gasteiger partial charge on any atom is 0.338 e. The number of nitrogens with one attached hydrogen (secondary N) is 2. The van der Waals surface area contributed by atoms with Gasteiger partial charge in [-0.15, -0.1) is 21.5 Å². The van der Waals surface area contributed by atoms with E-state index in [2.05, 4.69) is 30.3 Å².